The van der Waals surface area contributed by atoms with E-state index in [2.05, 4.69) is 20.0 Å². The lowest BCUT2D eigenvalue weighted by Gasteiger charge is -2.35. The number of aliphatic imine (C=N–C) groups is 1. The Kier molecular flexibility index (Phi) is 7.10. The monoisotopic (exact) mass is 435 g/mol. The molecule has 0 bridgehead atoms. The molecule has 0 radical (unpaired) electrons. The molecule has 0 saturated carbocycles. The number of sulfonamides is 1. The summed E-state index contributed by atoms with van der Waals surface area (Å²) in [6.45, 7) is 6.84. The Labute approximate surface area is 166 Å². The Bertz CT molecular complexity index is 865. The van der Waals surface area contributed by atoms with Crippen molar-refractivity contribution in [2.75, 3.05) is 45.5 Å². The van der Waals surface area contributed by atoms with Crippen LogP contribution in [-0.2, 0) is 25.6 Å². The molecule has 2 rings (SSSR count). The highest BCUT2D eigenvalue weighted by molar-refractivity contribution is 7.92. The molecule has 1 aromatic heterocycles. The molecule has 0 amide bonds. The third kappa shape index (κ3) is 5.67. The Balaban J connectivity index is 1.87. The SMILES string of the molecule is CN=C(NCCS(=O)(=O)C(C)(C)C)N1CCN(S(=O)(=O)Cc2ccon2)CC1. The second-order valence-electron chi connectivity index (χ2n) is 7.54. The fourth-order valence-corrected chi connectivity index (χ4v) is 5.11. The predicted octanol–water partition coefficient (Wildman–Crippen LogP) is -0.0893. The highest BCUT2D eigenvalue weighted by atomic mass is 32.2. The summed E-state index contributed by atoms with van der Waals surface area (Å²) in [5.74, 6) is 0.376. The zero-order valence-electron chi connectivity index (χ0n) is 16.8. The van der Waals surface area contributed by atoms with Gasteiger partial charge in [-0.25, -0.2) is 16.8 Å². The van der Waals surface area contributed by atoms with Crippen molar-refractivity contribution in [2.24, 2.45) is 4.99 Å². The fourth-order valence-electron chi connectivity index (χ4n) is 2.70. The summed E-state index contributed by atoms with van der Waals surface area (Å²) in [5, 5.41) is 6.72. The summed E-state index contributed by atoms with van der Waals surface area (Å²) in [5.41, 5.74) is 0.375. The van der Waals surface area contributed by atoms with Gasteiger partial charge in [-0.1, -0.05) is 5.16 Å². The summed E-state index contributed by atoms with van der Waals surface area (Å²) in [7, 11) is -5.07. The van der Waals surface area contributed by atoms with Gasteiger partial charge in [-0.3, -0.25) is 4.99 Å². The number of rotatable bonds is 6. The zero-order valence-corrected chi connectivity index (χ0v) is 18.4. The number of guanidine groups is 1. The van der Waals surface area contributed by atoms with Crippen LogP contribution in [0.1, 0.15) is 26.5 Å². The number of piperazine rings is 1. The van der Waals surface area contributed by atoms with E-state index in [0.29, 0.717) is 37.8 Å². The van der Waals surface area contributed by atoms with Crippen molar-refractivity contribution in [1.82, 2.24) is 19.7 Å². The molecule has 0 atom stereocenters. The lowest BCUT2D eigenvalue weighted by molar-refractivity contribution is 0.260. The predicted molar refractivity (Wildman–Crippen MR) is 107 cm³/mol. The molecule has 0 aromatic carbocycles. The van der Waals surface area contributed by atoms with Crippen molar-refractivity contribution in [2.45, 2.75) is 31.3 Å². The molecule has 1 saturated heterocycles. The normalized spacial score (nSPS) is 17.7. The van der Waals surface area contributed by atoms with Crippen LogP contribution >= 0.6 is 0 Å². The smallest absolute Gasteiger partial charge is 0.220 e. The number of nitrogens with one attached hydrogen (secondary N) is 1. The van der Waals surface area contributed by atoms with E-state index < -0.39 is 24.6 Å². The standard InChI is InChI=1S/C16H29N5O5S2/c1-16(2,3)27(22,23)12-6-18-15(17-4)20-7-9-21(10-8-20)28(24,25)13-14-5-11-26-19-14/h5,11H,6-10,12-13H2,1-4H3,(H,17,18). The van der Waals surface area contributed by atoms with Crippen LogP contribution < -0.4 is 5.32 Å². The maximum absolute atomic E-state index is 12.5. The minimum absolute atomic E-state index is 0.00155. The van der Waals surface area contributed by atoms with Gasteiger partial charge in [0.15, 0.2) is 15.8 Å². The summed E-state index contributed by atoms with van der Waals surface area (Å²) in [6.07, 6.45) is 1.35. The molecule has 1 N–H and O–H groups in total. The van der Waals surface area contributed by atoms with E-state index >= 15 is 0 Å². The van der Waals surface area contributed by atoms with Gasteiger partial charge in [-0.2, -0.15) is 4.31 Å². The number of nitrogens with zero attached hydrogens (tertiary/aromatic N) is 4. The van der Waals surface area contributed by atoms with E-state index in [1.807, 2.05) is 4.90 Å². The fraction of sp³-hybridized carbons (Fsp3) is 0.750. The summed E-state index contributed by atoms with van der Waals surface area (Å²) in [4.78, 5) is 6.11. The molecule has 10 nitrogen and oxygen atoms in total. The third-order valence-corrected chi connectivity index (χ3v) is 8.97. The molecule has 12 heteroatoms. The summed E-state index contributed by atoms with van der Waals surface area (Å²) < 4.78 is 54.7. The van der Waals surface area contributed by atoms with Crippen LogP contribution in [0.4, 0.5) is 0 Å². The van der Waals surface area contributed by atoms with E-state index in [1.165, 1.54) is 16.6 Å². The van der Waals surface area contributed by atoms with Crippen LogP contribution in [0.2, 0.25) is 0 Å². The number of aromatic nitrogens is 1. The van der Waals surface area contributed by atoms with Gasteiger partial charge in [0.25, 0.3) is 0 Å². The van der Waals surface area contributed by atoms with Gasteiger partial charge in [0, 0.05) is 45.8 Å². The minimum atomic E-state index is -3.47. The van der Waals surface area contributed by atoms with Gasteiger partial charge in [-0.15, -0.1) is 0 Å². The molecule has 1 aliphatic rings. The Hall–Kier alpha value is -1.66. The molecule has 160 valence electrons. The number of hydrogen-bond donors (Lipinski definition) is 1. The Morgan fingerprint density at radius 1 is 1.21 bits per heavy atom. The van der Waals surface area contributed by atoms with Crippen molar-refractivity contribution < 1.29 is 21.4 Å². The average Bonchev–Trinajstić information content (AvgIpc) is 3.10. The van der Waals surface area contributed by atoms with Crippen molar-refractivity contribution in [3.8, 4) is 0 Å². The highest BCUT2D eigenvalue weighted by Crippen LogP contribution is 2.15. The van der Waals surface area contributed by atoms with Crippen LogP contribution in [0.25, 0.3) is 0 Å². The molecule has 1 aromatic rings. The lowest BCUT2D eigenvalue weighted by atomic mass is 10.3. The van der Waals surface area contributed by atoms with Gasteiger partial charge in [0.1, 0.15) is 12.0 Å². The van der Waals surface area contributed by atoms with Gasteiger partial charge in [-0.05, 0) is 20.8 Å². The topological polar surface area (TPSA) is 125 Å². The highest BCUT2D eigenvalue weighted by Gasteiger charge is 2.30. The van der Waals surface area contributed by atoms with Crippen molar-refractivity contribution >= 4 is 25.8 Å². The maximum atomic E-state index is 12.5. The first-order chi connectivity index (χ1) is 13.0. The van der Waals surface area contributed by atoms with Crippen LogP contribution in [-0.4, -0.2) is 87.4 Å². The van der Waals surface area contributed by atoms with E-state index in [-0.39, 0.29) is 18.1 Å². The van der Waals surface area contributed by atoms with E-state index in [1.54, 1.807) is 27.8 Å². The second-order valence-corrected chi connectivity index (χ2v) is 12.4. The molecule has 1 aliphatic heterocycles. The largest absolute Gasteiger partial charge is 0.364 e. The molecule has 1 fully saturated rings. The minimum Gasteiger partial charge on any atom is -0.364 e. The molecule has 0 unspecified atom stereocenters. The van der Waals surface area contributed by atoms with Gasteiger partial charge in [0.2, 0.25) is 10.0 Å². The summed E-state index contributed by atoms with van der Waals surface area (Å²) in [6, 6.07) is 1.53. The molecular weight excluding hydrogens is 406 g/mol. The van der Waals surface area contributed by atoms with Crippen molar-refractivity contribution in [3.05, 3.63) is 18.0 Å². The molecule has 28 heavy (non-hydrogen) atoms. The third-order valence-electron chi connectivity index (χ3n) is 4.55. The lowest BCUT2D eigenvalue weighted by Crippen LogP contribution is -2.54. The zero-order chi connectivity index (χ0) is 21.0. The van der Waals surface area contributed by atoms with Crippen LogP contribution in [0.3, 0.4) is 0 Å². The second kappa shape index (κ2) is 8.78. The molecule has 0 spiro atoms. The maximum Gasteiger partial charge on any atom is 0.220 e. The molecule has 2 heterocycles. The van der Waals surface area contributed by atoms with Gasteiger partial charge in [0.05, 0.1) is 16.2 Å². The van der Waals surface area contributed by atoms with Crippen LogP contribution in [0.5, 0.6) is 0 Å². The Morgan fingerprint density at radius 3 is 2.36 bits per heavy atom. The Morgan fingerprint density at radius 2 is 1.86 bits per heavy atom. The number of hydrogen-bond acceptors (Lipinski definition) is 7. The van der Waals surface area contributed by atoms with Crippen LogP contribution in [0, 0.1) is 0 Å². The van der Waals surface area contributed by atoms with Crippen LogP contribution in [0.15, 0.2) is 21.8 Å². The van der Waals surface area contributed by atoms with Crippen molar-refractivity contribution in [3.63, 3.8) is 0 Å². The average molecular weight is 436 g/mol. The van der Waals surface area contributed by atoms with E-state index in [0.717, 1.165) is 0 Å². The first-order valence-corrected chi connectivity index (χ1v) is 12.3. The quantitative estimate of drug-likeness (QED) is 0.485. The molecule has 0 aliphatic carbocycles. The van der Waals surface area contributed by atoms with Gasteiger partial charge < -0.3 is 14.7 Å². The van der Waals surface area contributed by atoms with Gasteiger partial charge >= 0.3 is 0 Å². The first-order valence-electron chi connectivity index (χ1n) is 9.01. The number of sulfone groups is 1. The molecular formula is C16H29N5O5S2. The first kappa shape index (κ1) is 22.6. The van der Waals surface area contributed by atoms with E-state index in [9.17, 15) is 16.8 Å². The summed E-state index contributed by atoms with van der Waals surface area (Å²) >= 11 is 0. The van der Waals surface area contributed by atoms with E-state index in [4.69, 9.17) is 0 Å². The van der Waals surface area contributed by atoms with Crippen molar-refractivity contribution in [1.29, 1.82) is 0 Å².